The van der Waals surface area contributed by atoms with Crippen LogP contribution in [-0.4, -0.2) is 38.9 Å². The van der Waals surface area contributed by atoms with Crippen LogP contribution in [-0.2, 0) is 22.5 Å². The van der Waals surface area contributed by atoms with Gasteiger partial charge in [0.05, 0.1) is 18.9 Å². The largest absolute Gasteiger partial charge is 0.383 e. The van der Waals surface area contributed by atoms with E-state index in [4.69, 9.17) is 14.5 Å². The van der Waals surface area contributed by atoms with E-state index in [1.54, 1.807) is 25.6 Å². The molecule has 0 saturated heterocycles. The molecule has 1 heterocycles. The Labute approximate surface area is 130 Å². The van der Waals surface area contributed by atoms with E-state index in [0.717, 1.165) is 36.8 Å². The number of thiazole rings is 1. The lowest BCUT2D eigenvalue weighted by Gasteiger charge is -2.04. The van der Waals surface area contributed by atoms with Crippen molar-refractivity contribution in [2.45, 2.75) is 13.0 Å². The van der Waals surface area contributed by atoms with Crippen LogP contribution in [0.15, 0.2) is 30.3 Å². The minimum Gasteiger partial charge on any atom is -0.383 e. The Morgan fingerprint density at radius 2 is 1.90 bits per heavy atom. The molecule has 0 amide bonds. The third-order valence-corrected chi connectivity index (χ3v) is 4.16. The zero-order valence-electron chi connectivity index (χ0n) is 12.6. The highest BCUT2D eigenvalue weighted by Gasteiger charge is 2.12. The SMILES string of the molecule is COCCNCCc1sc(COC)nc1-c1ccccc1. The molecule has 0 aliphatic heterocycles. The first-order valence-corrected chi connectivity index (χ1v) is 7.89. The molecule has 2 rings (SSSR count). The smallest absolute Gasteiger partial charge is 0.119 e. The highest BCUT2D eigenvalue weighted by atomic mass is 32.1. The van der Waals surface area contributed by atoms with Crippen LogP contribution in [0.4, 0.5) is 0 Å². The first kappa shape index (κ1) is 16.1. The number of aromatic nitrogens is 1. The lowest BCUT2D eigenvalue weighted by atomic mass is 10.1. The van der Waals surface area contributed by atoms with Crippen molar-refractivity contribution in [2.75, 3.05) is 33.9 Å². The molecule has 0 aliphatic carbocycles. The Kier molecular flexibility index (Phi) is 6.82. The lowest BCUT2D eigenvalue weighted by Crippen LogP contribution is -2.21. The number of ether oxygens (including phenoxy) is 2. The number of nitrogens with zero attached hydrogens (tertiary/aromatic N) is 1. The van der Waals surface area contributed by atoms with Crippen molar-refractivity contribution in [1.82, 2.24) is 10.3 Å². The number of rotatable bonds is 9. The molecule has 1 aromatic heterocycles. The highest BCUT2D eigenvalue weighted by molar-refractivity contribution is 7.12. The summed E-state index contributed by atoms with van der Waals surface area (Å²) in [6.45, 7) is 3.11. The van der Waals surface area contributed by atoms with Gasteiger partial charge in [-0.1, -0.05) is 30.3 Å². The van der Waals surface area contributed by atoms with Crippen molar-refractivity contribution in [3.05, 3.63) is 40.2 Å². The summed E-state index contributed by atoms with van der Waals surface area (Å²) in [5.74, 6) is 0. The fourth-order valence-corrected chi connectivity index (χ4v) is 3.14. The number of benzene rings is 1. The summed E-state index contributed by atoms with van der Waals surface area (Å²) in [7, 11) is 3.42. The Balaban J connectivity index is 2.07. The van der Waals surface area contributed by atoms with Crippen molar-refractivity contribution in [3.63, 3.8) is 0 Å². The summed E-state index contributed by atoms with van der Waals surface area (Å²) in [5.41, 5.74) is 2.25. The molecule has 2 aromatic rings. The van der Waals surface area contributed by atoms with Gasteiger partial charge in [-0.05, 0) is 6.42 Å². The first-order valence-electron chi connectivity index (χ1n) is 7.07. The van der Waals surface area contributed by atoms with Gasteiger partial charge in [0.2, 0.25) is 0 Å². The van der Waals surface area contributed by atoms with Crippen LogP contribution in [0.2, 0.25) is 0 Å². The van der Waals surface area contributed by atoms with E-state index >= 15 is 0 Å². The van der Waals surface area contributed by atoms with E-state index in [-0.39, 0.29) is 0 Å². The van der Waals surface area contributed by atoms with Gasteiger partial charge in [-0.15, -0.1) is 11.3 Å². The van der Waals surface area contributed by atoms with Gasteiger partial charge in [0, 0.05) is 37.7 Å². The molecule has 4 nitrogen and oxygen atoms in total. The van der Waals surface area contributed by atoms with Crippen LogP contribution < -0.4 is 5.32 Å². The molecule has 1 N–H and O–H groups in total. The molecule has 5 heteroatoms. The third-order valence-electron chi connectivity index (χ3n) is 3.07. The van der Waals surface area contributed by atoms with Gasteiger partial charge in [0.15, 0.2) is 0 Å². The van der Waals surface area contributed by atoms with Gasteiger partial charge in [0.1, 0.15) is 5.01 Å². The van der Waals surface area contributed by atoms with Crippen LogP contribution in [0.25, 0.3) is 11.3 Å². The summed E-state index contributed by atoms with van der Waals surface area (Å²) >= 11 is 1.74. The second kappa shape index (κ2) is 8.89. The molecular formula is C16H22N2O2S. The quantitative estimate of drug-likeness (QED) is 0.724. The highest BCUT2D eigenvalue weighted by Crippen LogP contribution is 2.28. The van der Waals surface area contributed by atoms with E-state index in [9.17, 15) is 0 Å². The third kappa shape index (κ3) is 4.89. The zero-order valence-corrected chi connectivity index (χ0v) is 13.4. The minimum absolute atomic E-state index is 0.571. The van der Waals surface area contributed by atoms with Gasteiger partial charge in [-0.3, -0.25) is 0 Å². The Hall–Kier alpha value is -1.27. The molecule has 0 bridgehead atoms. The predicted octanol–water partition coefficient (Wildman–Crippen LogP) is 2.74. The molecule has 0 radical (unpaired) electrons. The van der Waals surface area contributed by atoms with Crippen LogP contribution in [0.5, 0.6) is 0 Å². The van der Waals surface area contributed by atoms with Crippen molar-refractivity contribution >= 4 is 11.3 Å². The molecule has 1 aromatic carbocycles. The molecule has 0 unspecified atom stereocenters. The van der Waals surface area contributed by atoms with Crippen LogP contribution in [0, 0.1) is 0 Å². The average molecular weight is 306 g/mol. The van der Waals surface area contributed by atoms with Crippen molar-refractivity contribution in [2.24, 2.45) is 0 Å². The van der Waals surface area contributed by atoms with Crippen LogP contribution in [0.3, 0.4) is 0 Å². The molecule has 0 saturated carbocycles. The molecule has 21 heavy (non-hydrogen) atoms. The maximum absolute atomic E-state index is 5.21. The molecule has 114 valence electrons. The number of methoxy groups -OCH3 is 2. The topological polar surface area (TPSA) is 43.4 Å². The maximum atomic E-state index is 5.21. The normalized spacial score (nSPS) is 11.0. The number of hydrogen-bond acceptors (Lipinski definition) is 5. The summed E-state index contributed by atoms with van der Waals surface area (Å²) in [5, 5.41) is 4.41. The lowest BCUT2D eigenvalue weighted by molar-refractivity contribution is 0.184. The summed E-state index contributed by atoms with van der Waals surface area (Å²) in [6.07, 6.45) is 0.968. The summed E-state index contributed by atoms with van der Waals surface area (Å²) in [6, 6.07) is 10.3. The maximum Gasteiger partial charge on any atom is 0.119 e. The Morgan fingerprint density at radius 3 is 2.62 bits per heavy atom. The fourth-order valence-electron chi connectivity index (χ4n) is 2.08. The summed E-state index contributed by atoms with van der Waals surface area (Å²) < 4.78 is 10.2. The fraction of sp³-hybridized carbons (Fsp3) is 0.438. The Morgan fingerprint density at radius 1 is 1.10 bits per heavy atom. The molecule has 0 atom stereocenters. The number of hydrogen-bond donors (Lipinski definition) is 1. The van der Waals surface area contributed by atoms with Gasteiger partial charge < -0.3 is 14.8 Å². The average Bonchev–Trinajstić information content (AvgIpc) is 2.91. The van der Waals surface area contributed by atoms with E-state index in [2.05, 4.69) is 17.4 Å². The van der Waals surface area contributed by atoms with Gasteiger partial charge >= 0.3 is 0 Å². The molecule has 0 spiro atoms. The van der Waals surface area contributed by atoms with Crippen molar-refractivity contribution in [3.8, 4) is 11.3 Å². The van der Waals surface area contributed by atoms with Crippen molar-refractivity contribution < 1.29 is 9.47 Å². The molecule has 0 aliphatic rings. The van der Waals surface area contributed by atoms with E-state index in [0.29, 0.717) is 6.61 Å². The monoisotopic (exact) mass is 306 g/mol. The van der Waals surface area contributed by atoms with E-state index in [1.807, 2.05) is 18.2 Å². The summed E-state index contributed by atoms with van der Waals surface area (Å²) in [4.78, 5) is 6.03. The Bertz CT molecular complexity index is 528. The zero-order chi connectivity index (χ0) is 14.9. The van der Waals surface area contributed by atoms with E-state index in [1.165, 1.54) is 10.4 Å². The van der Waals surface area contributed by atoms with Gasteiger partial charge in [-0.2, -0.15) is 0 Å². The van der Waals surface area contributed by atoms with Crippen LogP contribution >= 0.6 is 11.3 Å². The minimum atomic E-state index is 0.571. The predicted molar refractivity (Wildman–Crippen MR) is 86.7 cm³/mol. The molecule has 0 fully saturated rings. The number of nitrogens with one attached hydrogen (secondary N) is 1. The van der Waals surface area contributed by atoms with E-state index < -0.39 is 0 Å². The standard InChI is InChI=1S/C16H22N2O2S/c1-19-11-10-17-9-8-14-16(13-6-4-3-5-7-13)18-15(21-14)12-20-2/h3-7,17H,8-12H2,1-2H3. The molecular weight excluding hydrogens is 284 g/mol. The van der Waals surface area contributed by atoms with Gasteiger partial charge in [0.25, 0.3) is 0 Å². The second-order valence-electron chi connectivity index (χ2n) is 4.67. The van der Waals surface area contributed by atoms with Gasteiger partial charge in [-0.25, -0.2) is 4.98 Å². The second-order valence-corrected chi connectivity index (χ2v) is 5.84. The van der Waals surface area contributed by atoms with Crippen molar-refractivity contribution in [1.29, 1.82) is 0 Å². The first-order chi connectivity index (χ1) is 10.3. The van der Waals surface area contributed by atoms with Crippen LogP contribution in [0.1, 0.15) is 9.88 Å².